The second-order valence-corrected chi connectivity index (χ2v) is 7.27. The first-order valence-electron chi connectivity index (χ1n) is 6.04. The Morgan fingerprint density at radius 1 is 1.38 bits per heavy atom. The van der Waals surface area contributed by atoms with Crippen molar-refractivity contribution in [1.29, 1.82) is 0 Å². The van der Waals surface area contributed by atoms with Gasteiger partial charge in [0.05, 0.1) is 5.75 Å². The van der Waals surface area contributed by atoms with Gasteiger partial charge in [0.15, 0.2) is 0 Å². The van der Waals surface area contributed by atoms with Crippen LogP contribution in [0.15, 0.2) is 0 Å². The van der Waals surface area contributed by atoms with Crippen molar-refractivity contribution in [3.8, 4) is 0 Å². The van der Waals surface area contributed by atoms with E-state index in [2.05, 4.69) is 17.6 Å². The number of sulfone groups is 1. The van der Waals surface area contributed by atoms with Gasteiger partial charge in [0, 0.05) is 24.4 Å². The highest BCUT2D eigenvalue weighted by Crippen LogP contribution is 2.11. The average molecular weight is 248 g/mol. The predicted octanol–water partition coefficient (Wildman–Crippen LogP) is 0.540. The molecule has 0 saturated carbocycles. The molecule has 1 aliphatic heterocycles. The molecular formula is C11H24N2O2S. The molecule has 1 aliphatic rings. The summed E-state index contributed by atoms with van der Waals surface area (Å²) in [4.78, 5) is 0. The fourth-order valence-electron chi connectivity index (χ4n) is 2.44. The van der Waals surface area contributed by atoms with Gasteiger partial charge in [0.1, 0.15) is 9.84 Å². The maximum atomic E-state index is 11.1. The third-order valence-corrected chi connectivity index (χ3v) is 4.03. The lowest BCUT2D eigenvalue weighted by Gasteiger charge is -2.22. The Bertz CT molecular complexity index is 297. The van der Waals surface area contributed by atoms with Gasteiger partial charge in [-0.2, -0.15) is 0 Å². The van der Waals surface area contributed by atoms with Crippen LogP contribution in [-0.2, 0) is 9.84 Å². The van der Waals surface area contributed by atoms with E-state index in [1.165, 1.54) is 19.1 Å². The second-order valence-electron chi connectivity index (χ2n) is 5.09. The van der Waals surface area contributed by atoms with Crippen LogP contribution in [0, 0.1) is 0 Å². The van der Waals surface area contributed by atoms with Crippen molar-refractivity contribution in [2.24, 2.45) is 0 Å². The average Bonchev–Trinajstić information content (AvgIpc) is 2.51. The predicted molar refractivity (Wildman–Crippen MR) is 67.4 cm³/mol. The van der Waals surface area contributed by atoms with Gasteiger partial charge in [-0.05, 0) is 39.7 Å². The first kappa shape index (κ1) is 13.9. The van der Waals surface area contributed by atoms with Crippen LogP contribution in [0.2, 0.25) is 0 Å². The fraction of sp³-hybridized carbons (Fsp3) is 1.00. The summed E-state index contributed by atoms with van der Waals surface area (Å²) in [5.41, 5.74) is 0. The van der Waals surface area contributed by atoms with Gasteiger partial charge in [-0.25, -0.2) is 8.42 Å². The van der Waals surface area contributed by atoms with Crippen LogP contribution in [0.4, 0.5) is 0 Å². The Balaban J connectivity index is 2.24. The zero-order chi connectivity index (χ0) is 12.2. The molecular weight excluding hydrogens is 224 g/mol. The van der Waals surface area contributed by atoms with Crippen LogP contribution in [0.25, 0.3) is 0 Å². The summed E-state index contributed by atoms with van der Waals surface area (Å²) >= 11 is 0. The molecule has 4 nitrogen and oxygen atoms in total. The highest BCUT2D eigenvalue weighted by atomic mass is 32.2. The molecule has 3 atom stereocenters. The first-order chi connectivity index (χ1) is 7.37. The van der Waals surface area contributed by atoms with E-state index in [1.807, 2.05) is 6.92 Å². The molecule has 0 spiro atoms. The molecule has 0 bridgehead atoms. The quantitative estimate of drug-likeness (QED) is 0.720. The molecule has 1 fully saturated rings. The van der Waals surface area contributed by atoms with Crippen LogP contribution in [0.1, 0.15) is 33.1 Å². The minimum atomic E-state index is -2.87. The number of hydrogen-bond acceptors (Lipinski definition) is 4. The van der Waals surface area contributed by atoms with Crippen LogP contribution >= 0.6 is 0 Å². The summed E-state index contributed by atoms with van der Waals surface area (Å²) in [5, 5.41) is 6.79. The first-order valence-corrected chi connectivity index (χ1v) is 8.10. The molecule has 3 unspecified atom stereocenters. The Morgan fingerprint density at radius 2 is 2.06 bits per heavy atom. The van der Waals surface area contributed by atoms with E-state index in [-0.39, 0.29) is 11.8 Å². The lowest BCUT2D eigenvalue weighted by atomic mass is 10.1. The van der Waals surface area contributed by atoms with Crippen molar-refractivity contribution in [2.45, 2.75) is 51.2 Å². The molecule has 0 aromatic rings. The summed E-state index contributed by atoms with van der Waals surface area (Å²) in [6, 6.07) is 1.01. The van der Waals surface area contributed by atoms with Crippen molar-refractivity contribution in [3.05, 3.63) is 0 Å². The van der Waals surface area contributed by atoms with E-state index in [0.717, 1.165) is 13.0 Å². The van der Waals surface area contributed by atoms with Crippen molar-refractivity contribution >= 4 is 9.84 Å². The SMILES string of the molecule is CC(CC1CCCN1)NC(C)CS(C)(=O)=O. The van der Waals surface area contributed by atoms with Gasteiger partial charge in [0.25, 0.3) is 0 Å². The van der Waals surface area contributed by atoms with Crippen molar-refractivity contribution < 1.29 is 8.42 Å². The third kappa shape index (κ3) is 5.82. The Labute approximate surface area is 99.1 Å². The molecule has 0 aromatic heterocycles. The normalized spacial score (nSPS) is 25.6. The summed E-state index contributed by atoms with van der Waals surface area (Å²) in [5.74, 6) is 0.218. The lowest BCUT2D eigenvalue weighted by Crippen LogP contribution is -2.41. The van der Waals surface area contributed by atoms with Crippen molar-refractivity contribution in [3.63, 3.8) is 0 Å². The van der Waals surface area contributed by atoms with Gasteiger partial charge in [-0.15, -0.1) is 0 Å². The summed E-state index contributed by atoms with van der Waals surface area (Å²) in [7, 11) is -2.87. The standard InChI is InChI=1S/C11H24N2O2S/c1-9(7-11-5-4-6-12-11)13-10(2)8-16(3,14)15/h9-13H,4-8H2,1-3H3. The van der Waals surface area contributed by atoms with Crippen molar-refractivity contribution in [1.82, 2.24) is 10.6 Å². The molecule has 1 saturated heterocycles. The van der Waals surface area contributed by atoms with E-state index in [1.54, 1.807) is 0 Å². The van der Waals surface area contributed by atoms with Crippen molar-refractivity contribution in [2.75, 3.05) is 18.6 Å². The molecule has 1 rings (SSSR count). The summed E-state index contributed by atoms with van der Waals surface area (Å²) in [6.45, 7) is 5.18. The fourth-order valence-corrected chi connectivity index (χ4v) is 3.45. The molecule has 1 heterocycles. The van der Waals surface area contributed by atoms with Crippen LogP contribution in [-0.4, -0.2) is 45.1 Å². The van der Waals surface area contributed by atoms with Crippen LogP contribution in [0.3, 0.4) is 0 Å². The van der Waals surface area contributed by atoms with E-state index in [0.29, 0.717) is 12.1 Å². The maximum Gasteiger partial charge on any atom is 0.148 e. The smallest absolute Gasteiger partial charge is 0.148 e. The highest BCUT2D eigenvalue weighted by Gasteiger charge is 2.19. The van der Waals surface area contributed by atoms with Gasteiger partial charge < -0.3 is 10.6 Å². The molecule has 5 heteroatoms. The Kier molecular flexibility index (Phi) is 5.21. The van der Waals surface area contributed by atoms with Crippen LogP contribution in [0.5, 0.6) is 0 Å². The molecule has 16 heavy (non-hydrogen) atoms. The van der Waals surface area contributed by atoms with E-state index >= 15 is 0 Å². The molecule has 2 N–H and O–H groups in total. The van der Waals surface area contributed by atoms with Crippen LogP contribution < -0.4 is 10.6 Å². The molecule has 0 aromatic carbocycles. The Hall–Kier alpha value is -0.130. The summed E-state index contributed by atoms with van der Waals surface area (Å²) in [6.07, 6.45) is 4.87. The lowest BCUT2D eigenvalue weighted by molar-refractivity contribution is 0.413. The zero-order valence-electron chi connectivity index (χ0n) is 10.5. The van der Waals surface area contributed by atoms with Gasteiger partial charge in [0.2, 0.25) is 0 Å². The minimum Gasteiger partial charge on any atom is -0.314 e. The number of hydrogen-bond donors (Lipinski definition) is 2. The largest absolute Gasteiger partial charge is 0.314 e. The Morgan fingerprint density at radius 3 is 2.56 bits per heavy atom. The molecule has 0 amide bonds. The second kappa shape index (κ2) is 5.98. The zero-order valence-corrected chi connectivity index (χ0v) is 11.3. The number of rotatable bonds is 6. The van der Waals surface area contributed by atoms with Gasteiger partial charge in [-0.1, -0.05) is 0 Å². The van der Waals surface area contributed by atoms with Gasteiger partial charge in [-0.3, -0.25) is 0 Å². The summed E-state index contributed by atoms with van der Waals surface area (Å²) < 4.78 is 22.2. The third-order valence-electron chi connectivity index (χ3n) is 2.92. The van der Waals surface area contributed by atoms with E-state index < -0.39 is 9.84 Å². The molecule has 0 radical (unpaired) electrons. The van der Waals surface area contributed by atoms with E-state index in [9.17, 15) is 8.42 Å². The van der Waals surface area contributed by atoms with E-state index in [4.69, 9.17) is 0 Å². The topological polar surface area (TPSA) is 58.2 Å². The maximum absolute atomic E-state index is 11.1. The van der Waals surface area contributed by atoms with Gasteiger partial charge >= 0.3 is 0 Å². The minimum absolute atomic E-state index is 0.0337. The number of nitrogens with one attached hydrogen (secondary N) is 2. The molecule has 96 valence electrons. The highest BCUT2D eigenvalue weighted by molar-refractivity contribution is 7.90. The monoisotopic (exact) mass is 248 g/mol. The molecule has 0 aliphatic carbocycles.